The second-order valence-corrected chi connectivity index (χ2v) is 10.7. The van der Waals surface area contributed by atoms with Gasteiger partial charge in [0.15, 0.2) is 6.04 Å². The number of carbonyl (C=O) groups is 1. The van der Waals surface area contributed by atoms with Crippen molar-refractivity contribution < 1.29 is 27.6 Å². The average molecular weight is 681 g/mol. The number of hydrogen-bond donors (Lipinski definition) is 2. The smallest absolute Gasteiger partial charge is 0.410 e. The van der Waals surface area contributed by atoms with E-state index >= 15 is 0 Å². The van der Waals surface area contributed by atoms with Crippen LogP contribution in [0.1, 0.15) is 34.4 Å². The summed E-state index contributed by atoms with van der Waals surface area (Å²) in [5.74, 6) is -0.445. The summed E-state index contributed by atoms with van der Waals surface area (Å²) in [6, 6.07) is 14.5. The molecule has 2 atom stereocenters. The molecule has 0 saturated heterocycles. The maximum Gasteiger partial charge on any atom is 0.410 e. The normalized spacial score (nSPS) is 16.5. The number of aromatic nitrogens is 2. The summed E-state index contributed by atoms with van der Waals surface area (Å²) in [6.45, 7) is 0. The third-order valence-electron chi connectivity index (χ3n) is 6.16. The molecule has 9 nitrogen and oxygen atoms in total. The van der Waals surface area contributed by atoms with Gasteiger partial charge in [0.25, 0.3) is 11.6 Å². The molecule has 1 aliphatic heterocycles. The first-order valence-electron chi connectivity index (χ1n) is 11.7. The van der Waals surface area contributed by atoms with Gasteiger partial charge in [-0.1, -0.05) is 44.0 Å². The van der Waals surface area contributed by atoms with Gasteiger partial charge in [0.05, 0.1) is 28.9 Å². The molecule has 5 rings (SSSR count). The van der Waals surface area contributed by atoms with Gasteiger partial charge in [-0.05, 0) is 42.0 Å². The van der Waals surface area contributed by atoms with Crippen molar-refractivity contribution in [2.75, 3.05) is 10.6 Å². The van der Waals surface area contributed by atoms with E-state index in [0.717, 1.165) is 25.9 Å². The molecule has 0 aliphatic carbocycles. The van der Waals surface area contributed by atoms with E-state index in [1.165, 1.54) is 12.1 Å². The molecule has 1 aliphatic rings. The Morgan fingerprint density at radius 3 is 2.33 bits per heavy atom. The summed E-state index contributed by atoms with van der Waals surface area (Å²) in [5, 5.41) is 20.9. The molecule has 1 aromatic heterocycles. The molecule has 3 aromatic carbocycles. The summed E-state index contributed by atoms with van der Waals surface area (Å²) in [5.41, 5.74) is 0.106. The molecular weight excluding hydrogens is 663 g/mol. The number of ether oxygens (including phenoxy) is 1. The van der Waals surface area contributed by atoms with Crippen LogP contribution in [0.5, 0.6) is 11.5 Å². The summed E-state index contributed by atoms with van der Waals surface area (Å²) >= 11 is 6.63. The molecule has 0 radical (unpaired) electrons. The monoisotopic (exact) mass is 679 g/mol. The zero-order valence-corrected chi connectivity index (χ0v) is 23.3. The Kier molecular flexibility index (Phi) is 7.55. The Morgan fingerprint density at radius 2 is 1.70 bits per heavy atom. The first kappa shape index (κ1) is 27.6. The van der Waals surface area contributed by atoms with E-state index in [-0.39, 0.29) is 34.9 Å². The fourth-order valence-corrected chi connectivity index (χ4v) is 4.83. The molecule has 40 heavy (non-hydrogen) atoms. The van der Waals surface area contributed by atoms with Crippen LogP contribution >= 0.6 is 31.9 Å². The van der Waals surface area contributed by atoms with E-state index in [0.29, 0.717) is 11.3 Å². The number of hydrogen-bond acceptors (Lipinski definition) is 6. The number of rotatable bonds is 6. The highest BCUT2D eigenvalue weighted by Crippen LogP contribution is 2.44. The second-order valence-electron chi connectivity index (χ2n) is 8.88. The van der Waals surface area contributed by atoms with Gasteiger partial charge in [-0.25, -0.2) is 4.68 Å². The number of non-ortho nitro benzene ring substituents is 1. The summed E-state index contributed by atoms with van der Waals surface area (Å²) in [4.78, 5) is 24.2. The van der Waals surface area contributed by atoms with Crippen molar-refractivity contribution in [1.82, 2.24) is 9.78 Å². The lowest BCUT2D eigenvalue weighted by atomic mass is 9.96. The maximum atomic E-state index is 14.0. The maximum absolute atomic E-state index is 14.0. The molecule has 0 bridgehead atoms. The number of benzene rings is 3. The minimum absolute atomic E-state index is 0.0129. The van der Waals surface area contributed by atoms with Gasteiger partial charge in [-0.15, -0.1) is 0 Å². The lowest BCUT2D eigenvalue weighted by molar-refractivity contribution is -0.384. The van der Waals surface area contributed by atoms with Crippen LogP contribution in [0.2, 0.25) is 0 Å². The number of alkyl halides is 3. The number of nitro groups is 1. The minimum Gasteiger partial charge on any atom is -0.457 e. The zero-order valence-electron chi connectivity index (χ0n) is 20.2. The Hall–Kier alpha value is -3.91. The Morgan fingerprint density at radius 1 is 1.05 bits per heavy atom. The second kappa shape index (κ2) is 10.9. The third kappa shape index (κ3) is 5.97. The molecule has 0 saturated carbocycles. The van der Waals surface area contributed by atoms with Crippen molar-refractivity contribution in [3.63, 3.8) is 0 Å². The topological polar surface area (TPSA) is 111 Å². The molecule has 0 fully saturated rings. The van der Waals surface area contributed by atoms with Crippen LogP contribution in [0.4, 0.5) is 30.4 Å². The van der Waals surface area contributed by atoms with Crippen LogP contribution in [0, 0.1) is 10.1 Å². The number of nitrogens with one attached hydrogen (secondary N) is 2. The lowest BCUT2D eigenvalue weighted by Gasteiger charge is -2.34. The highest BCUT2D eigenvalue weighted by Gasteiger charge is 2.47. The molecule has 0 spiro atoms. The summed E-state index contributed by atoms with van der Waals surface area (Å²) in [6.07, 6.45) is -3.91. The number of amides is 1. The van der Waals surface area contributed by atoms with E-state index in [4.69, 9.17) is 4.74 Å². The molecule has 2 unspecified atom stereocenters. The van der Waals surface area contributed by atoms with Crippen molar-refractivity contribution in [2.45, 2.75) is 24.7 Å². The van der Waals surface area contributed by atoms with E-state index in [9.17, 15) is 28.1 Å². The van der Waals surface area contributed by atoms with Gasteiger partial charge in [0.2, 0.25) is 0 Å². The van der Waals surface area contributed by atoms with Gasteiger partial charge < -0.3 is 15.4 Å². The molecule has 4 aromatic rings. The van der Waals surface area contributed by atoms with Crippen molar-refractivity contribution in [2.24, 2.45) is 0 Å². The van der Waals surface area contributed by atoms with Crippen molar-refractivity contribution in [1.29, 1.82) is 0 Å². The van der Waals surface area contributed by atoms with Crippen LogP contribution in [-0.2, 0) is 0 Å². The third-order valence-corrected chi connectivity index (χ3v) is 7.22. The summed E-state index contributed by atoms with van der Waals surface area (Å²) < 4.78 is 50.1. The van der Waals surface area contributed by atoms with Crippen LogP contribution in [0.3, 0.4) is 0 Å². The first-order valence-corrected chi connectivity index (χ1v) is 13.3. The Labute approximate surface area is 241 Å². The molecule has 14 heteroatoms. The SMILES string of the molecule is O=C(Nc1cc(Oc2ccc(Br)cc2)cc([N+](=O)[O-])c1)c1cnn2c1NC(c1ccc(Br)cc1)CC2C(F)(F)F. The van der Waals surface area contributed by atoms with Gasteiger partial charge in [0.1, 0.15) is 22.9 Å². The summed E-state index contributed by atoms with van der Waals surface area (Å²) in [7, 11) is 0. The molecular formula is C26H18Br2F3N5O4. The van der Waals surface area contributed by atoms with Crippen LogP contribution in [-0.4, -0.2) is 26.8 Å². The van der Waals surface area contributed by atoms with E-state index in [1.54, 1.807) is 48.5 Å². The van der Waals surface area contributed by atoms with E-state index < -0.39 is 29.1 Å². The van der Waals surface area contributed by atoms with Gasteiger partial charge in [-0.2, -0.15) is 18.3 Å². The van der Waals surface area contributed by atoms with Gasteiger partial charge >= 0.3 is 6.18 Å². The fourth-order valence-electron chi connectivity index (χ4n) is 4.30. The lowest BCUT2D eigenvalue weighted by Crippen LogP contribution is -2.36. The first-order chi connectivity index (χ1) is 19.0. The number of fused-ring (bicyclic) bond motifs is 1. The Balaban J connectivity index is 1.45. The average Bonchev–Trinajstić information content (AvgIpc) is 3.33. The predicted octanol–water partition coefficient (Wildman–Crippen LogP) is 8.02. The van der Waals surface area contributed by atoms with Crippen molar-refractivity contribution in [3.8, 4) is 11.5 Å². The molecule has 1 amide bonds. The van der Waals surface area contributed by atoms with Crippen LogP contribution < -0.4 is 15.4 Å². The van der Waals surface area contributed by atoms with E-state index in [2.05, 4.69) is 47.6 Å². The number of carbonyl (C=O) groups excluding carboxylic acids is 1. The number of halogens is 5. The number of nitrogens with zero attached hydrogens (tertiary/aromatic N) is 3. The van der Waals surface area contributed by atoms with Crippen LogP contribution in [0.25, 0.3) is 0 Å². The number of anilines is 2. The van der Waals surface area contributed by atoms with Crippen molar-refractivity contribution >= 4 is 55.0 Å². The van der Waals surface area contributed by atoms with E-state index in [1.807, 2.05) is 0 Å². The fraction of sp³-hybridized carbons (Fsp3) is 0.154. The largest absolute Gasteiger partial charge is 0.457 e. The minimum atomic E-state index is -4.62. The number of nitro benzene ring substituents is 1. The van der Waals surface area contributed by atoms with Crippen LogP contribution in [0.15, 0.2) is 81.9 Å². The predicted molar refractivity (Wildman–Crippen MR) is 148 cm³/mol. The molecule has 2 heterocycles. The highest BCUT2D eigenvalue weighted by molar-refractivity contribution is 9.10. The molecule has 206 valence electrons. The zero-order chi connectivity index (χ0) is 28.6. The quantitative estimate of drug-likeness (QED) is 0.158. The molecule has 2 N–H and O–H groups in total. The van der Waals surface area contributed by atoms with Gasteiger partial charge in [0, 0.05) is 27.5 Å². The highest BCUT2D eigenvalue weighted by atomic mass is 79.9. The van der Waals surface area contributed by atoms with Crippen molar-refractivity contribution in [3.05, 3.63) is 103 Å². The standard InChI is InChI=1S/C26H18Br2F3N5O4/c27-15-3-1-14(2-4-15)22-12-23(26(29,30)31)35-24(34-22)21(13-32-35)25(37)33-17-9-18(36(38)39)11-20(10-17)40-19-7-5-16(28)6-8-19/h1-11,13,22-23,34H,12H2,(H,33,37). The Bertz CT molecular complexity index is 1580. The van der Waals surface area contributed by atoms with Gasteiger partial charge in [-0.3, -0.25) is 14.9 Å².